The van der Waals surface area contributed by atoms with Crippen LogP contribution in [0.5, 0.6) is 5.75 Å². The van der Waals surface area contributed by atoms with Gasteiger partial charge in [0, 0.05) is 23.1 Å². The van der Waals surface area contributed by atoms with Crippen molar-refractivity contribution in [3.05, 3.63) is 35.3 Å². The van der Waals surface area contributed by atoms with Crippen LogP contribution in [0.25, 0.3) is 5.78 Å². The number of fused-ring (bicyclic) bond motifs is 1. The molecule has 164 valence electrons. The smallest absolute Gasteiger partial charge is 0.253 e. The number of nitrogens with zero attached hydrogens (tertiary/aromatic N) is 5. The first-order valence-corrected chi connectivity index (χ1v) is 11.9. The van der Waals surface area contributed by atoms with Crippen molar-refractivity contribution in [1.82, 2.24) is 24.6 Å². The Kier molecular flexibility index (Phi) is 6.70. The fourth-order valence-corrected chi connectivity index (χ4v) is 4.37. The summed E-state index contributed by atoms with van der Waals surface area (Å²) >= 11 is 1.46. The topological polar surface area (TPSA) is 94.3 Å². The molecule has 4 rings (SSSR count). The highest BCUT2D eigenvalue weighted by atomic mass is 32.2. The molecule has 0 aliphatic heterocycles. The lowest BCUT2D eigenvalue weighted by atomic mass is 9.90. The molecule has 1 aliphatic rings. The highest BCUT2D eigenvalue weighted by molar-refractivity contribution is 7.98. The first-order chi connectivity index (χ1) is 15.0. The number of nitrogens with one attached hydrogen (secondary N) is 1. The first kappa shape index (κ1) is 21.5. The molecule has 3 heterocycles. The molecule has 3 aromatic heterocycles. The van der Waals surface area contributed by atoms with E-state index in [9.17, 15) is 4.79 Å². The summed E-state index contributed by atoms with van der Waals surface area (Å²) in [5.74, 6) is 2.03. The molecule has 8 nitrogen and oxygen atoms in total. The Hall–Kier alpha value is -2.68. The number of hydrogen-bond donors (Lipinski definition) is 1. The summed E-state index contributed by atoms with van der Waals surface area (Å²) in [5, 5.41) is 8.02. The standard InChI is InChI=1S/C22H28N6O2S/c1-14-17(15(2)28-21(24-14)26-22(27-28)31-3)12-19(29)25-20-18(10-7-11-23-20)30-13-16-8-5-4-6-9-16/h7,10-11,16H,4-6,8-9,12-13H2,1-3H3,(H,23,25,29). The molecule has 1 fully saturated rings. The zero-order valence-electron chi connectivity index (χ0n) is 18.2. The fourth-order valence-electron chi connectivity index (χ4n) is 4.03. The van der Waals surface area contributed by atoms with E-state index in [0.717, 1.165) is 17.0 Å². The Balaban J connectivity index is 1.46. The van der Waals surface area contributed by atoms with Crippen LogP contribution in [-0.4, -0.2) is 43.3 Å². The van der Waals surface area contributed by atoms with Crippen molar-refractivity contribution in [1.29, 1.82) is 0 Å². The lowest BCUT2D eigenvalue weighted by Crippen LogP contribution is -2.20. The number of ether oxygens (including phenoxy) is 1. The molecular formula is C22H28N6O2S. The second-order valence-electron chi connectivity index (χ2n) is 7.96. The van der Waals surface area contributed by atoms with Crippen LogP contribution in [0, 0.1) is 19.8 Å². The van der Waals surface area contributed by atoms with Gasteiger partial charge in [0.05, 0.1) is 13.0 Å². The number of hydrogen-bond acceptors (Lipinski definition) is 7. The van der Waals surface area contributed by atoms with Gasteiger partial charge >= 0.3 is 0 Å². The normalized spacial score (nSPS) is 14.7. The van der Waals surface area contributed by atoms with Crippen molar-refractivity contribution in [2.24, 2.45) is 5.92 Å². The number of carbonyl (C=O) groups is 1. The van der Waals surface area contributed by atoms with Gasteiger partial charge in [0.2, 0.25) is 11.1 Å². The molecule has 1 amide bonds. The van der Waals surface area contributed by atoms with Crippen molar-refractivity contribution in [3.63, 3.8) is 0 Å². The van der Waals surface area contributed by atoms with Gasteiger partial charge in [-0.2, -0.15) is 4.98 Å². The van der Waals surface area contributed by atoms with Crippen molar-refractivity contribution in [2.45, 2.75) is 57.5 Å². The van der Waals surface area contributed by atoms with Gasteiger partial charge in [0.15, 0.2) is 11.6 Å². The van der Waals surface area contributed by atoms with Crippen molar-refractivity contribution >= 4 is 29.3 Å². The third-order valence-corrected chi connectivity index (χ3v) is 6.32. The Labute approximate surface area is 186 Å². The maximum absolute atomic E-state index is 12.9. The summed E-state index contributed by atoms with van der Waals surface area (Å²) < 4.78 is 7.73. The van der Waals surface area contributed by atoms with Gasteiger partial charge < -0.3 is 10.1 Å². The predicted octanol–water partition coefficient (Wildman–Crippen LogP) is 4.00. The number of rotatable bonds is 7. The van der Waals surface area contributed by atoms with E-state index in [4.69, 9.17) is 4.74 Å². The molecule has 0 aromatic carbocycles. The molecule has 0 bridgehead atoms. The number of carbonyl (C=O) groups excluding carboxylic acids is 1. The molecule has 0 saturated heterocycles. The molecule has 1 saturated carbocycles. The summed E-state index contributed by atoms with van der Waals surface area (Å²) in [7, 11) is 0. The second kappa shape index (κ2) is 9.64. The summed E-state index contributed by atoms with van der Waals surface area (Å²) in [6.07, 6.45) is 10.0. The van der Waals surface area contributed by atoms with Crippen LogP contribution in [0.1, 0.15) is 49.1 Å². The SMILES string of the molecule is CSc1nc2nc(C)c(CC(=O)Nc3ncccc3OCC3CCCCC3)c(C)n2n1. The van der Waals surface area contributed by atoms with Gasteiger partial charge in [-0.1, -0.05) is 31.0 Å². The largest absolute Gasteiger partial charge is 0.489 e. The minimum atomic E-state index is -0.168. The highest BCUT2D eigenvalue weighted by Gasteiger charge is 2.18. The Morgan fingerprint density at radius 1 is 1.26 bits per heavy atom. The van der Waals surface area contributed by atoms with Crippen LogP contribution in [0.4, 0.5) is 5.82 Å². The maximum Gasteiger partial charge on any atom is 0.253 e. The third-order valence-electron chi connectivity index (χ3n) is 5.78. The molecule has 31 heavy (non-hydrogen) atoms. The summed E-state index contributed by atoms with van der Waals surface area (Å²) in [5.41, 5.74) is 2.47. The van der Waals surface area contributed by atoms with Crippen LogP contribution in [0.3, 0.4) is 0 Å². The van der Waals surface area contributed by atoms with E-state index >= 15 is 0 Å². The molecule has 1 N–H and O–H groups in total. The van der Waals surface area contributed by atoms with Gasteiger partial charge in [-0.3, -0.25) is 4.79 Å². The predicted molar refractivity (Wildman–Crippen MR) is 121 cm³/mol. The van der Waals surface area contributed by atoms with Crippen LogP contribution < -0.4 is 10.1 Å². The summed E-state index contributed by atoms with van der Waals surface area (Å²) in [4.78, 5) is 26.1. The van der Waals surface area contributed by atoms with Crippen LogP contribution >= 0.6 is 11.8 Å². The number of amides is 1. The van der Waals surface area contributed by atoms with Gasteiger partial charge in [-0.25, -0.2) is 14.5 Å². The van der Waals surface area contributed by atoms with E-state index in [1.807, 2.05) is 32.2 Å². The van der Waals surface area contributed by atoms with Crippen LogP contribution in [0.15, 0.2) is 23.5 Å². The van der Waals surface area contributed by atoms with Crippen LogP contribution in [0.2, 0.25) is 0 Å². The van der Waals surface area contributed by atoms with Gasteiger partial charge in [-0.05, 0) is 51.0 Å². The molecular weight excluding hydrogens is 412 g/mol. The third kappa shape index (κ3) is 4.98. The quantitative estimate of drug-likeness (QED) is 0.555. The maximum atomic E-state index is 12.9. The average molecular weight is 441 g/mol. The zero-order valence-corrected chi connectivity index (χ0v) is 19.0. The molecule has 0 radical (unpaired) electrons. The van der Waals surface area contributed by atoms with Crippen molar-refractivity contribution < 1.29 is 9.53 Å². The lowest BCUT2D eigenvalue weighted by molar-refractivity contribution is -0.115. The van der Waals surface area contributed by atoms with Gasteiger partial charge in [0.1, 0.15) is 0 Å². The molecule has 3 aromatic rings. The van der Waals surface area contributed by atoms with E-state index in [1.165, 1.54) is 43.9 Å². The average Bonchev–Trinajstić information content (AvgIpc) is 3.20. The number of pyridine rings is 1. The Bertz CT molecular complexity index is 1080. The van der Waals surface area contributed by atoms with E-state index < -0.39 is 0 Å². The van der Waals surface area contributed by atoms with E-state index in [-0.39, 0.29) is 12.3 Å². The minimum absolute atomic E-state index is 0.168. The lowest BCUT2D eigenvalue weighted by Gasteiger charge is -2.22. The van der Waals surface area contributed by atoms with Crippen molar-refractivity contribution in [3.8, 4) is 5.75 Å². The number of aromatic nitrogens is 5. The molecule has 9 heteroatoms. The minimum Gasteiger partial charge on any atom is -0.489 e. The van der Waals surface area contributed by atoms with E-state index in [2.05, 4.69) is 25.4 Å². The first-order valence-electron chi connectivity index (χ1n) is 10.7. The van der Waals surface area contributed by atoms with Gasteiger partial charge in [0.25, 0.3) is 5.78 Å². The Morgan fingerprint density at radius 2 is 2.06 bits per heavy atom. The monoisotopic (exact) mass is 440 g/mol. The number of aryl methyl sites for hydroxylation is 2. The molecule has 0 unspecified atom stereocenters. The number of thioether (sulfide) groups is 1. The second-order valence-corrected chi connectivity index (χ2v) is 8.74. The van der Waals surface area contributed by atoms with Gasteiger partial charge in [-0.15, -0.1) is 5.10 Å². The fraction of sp³-hybridized carbons (Fsp3) is 0.500. The van der Waals surface area contributed by atoms with E-state index in [0.29, 0.717) is 35.0 Å². The number of anilines is 1. The molecule has 1 aliphatic carbocycles. The molecule has 0 spiro atoms. The highest BCUT2D eigenvalue weighted by Crippen LogP contribution is 2.27. The summed E-state index contributed by atoms with van der Waals surface area (Å²) in [6.45, 7) is 4.49. The summed E-state index contributed by atoms with van der Waals surface area (Å²) in [6, 6.07) is 3.68. The van der Waals surface area contributed by atoms with E-state index in [1.54, 1.807) is 10.7 Å². The van der Waals surface area contributed by atoms with Crippen LogP contribution in [-0.2, 0) is 11.2 Å². The van der Waals surface area contributed by atoms with Crippen molar-refractivity contribution in [2.75, 3.05) is 18.2 Å². The molecule has 0 atom stereocenters. The Morgan fingerprint density at radius 3 is 2.84 bits per heavy atom. The zero-order chi connectivity index (χ0) is 21.8.